The molecule has 126 valence electrons. The van der Waals surface area contributed by atoms with Crippen molar-refractivity contribution in [1.82, 2.24) is 4.90 Å². The fraction of sp³-hybridized carbons (Fsp3) is 0.333. The number of nitrogens with two attached hydrogens (primary N) is 1. The Hall–Kier alpha value is -1.82. The van der Waals surface area contributed by atoms with Crippen LogP contribution in [0.3, 0.4) is 0 Å². The van der Waals surface area contributed by atoms with Gasteiger partial charge in [0.05, 0.1) is 5.75 Å². The van der Waals surface area contributed by atoms with Crippen LogP contribution in [0.4, 0.5) is 0 Å². The van der Waals surface area contributed by atoms with E-state index in [9.17, 15) is 26.4 Å². The standard InChI is InChI=1S/C12H14N2O7S2/c13-10-8-4-1-2-5-9(8)11(15)14(12(10)16)6-3-7-22(17,18)23(19,20)21/h1-2,4-5,10H,3,6-7,13H2,(H,19,20,21). The van der Waals surface area contributed by atoms with E-state index >= 15 is 0 Å². The molecular formula is C12H14N2O7S2. The van der Waals surface area contributed by atoms with E-state index in [0.717, 1.165) is 4.90 Å². The van der Waals surface area contributed by atoms with Gasteiger partial charge in [0.25, 0.3) is 20.7 Å². The van der Waals surface area contributed by atoms with Gasteiger partial charge in [0.2, 0.25) is 0 Å². The fourth-order valence-electron chi connectivity index (χ4n) is 2.23. The number of amides is 2. The molecule has 0 bridgehead atoms. The summed E-state index contributed by atoms with van der Waals surface area (Å²) in [7, 11) is -9.99. The van der Waals surface area contributed by atoms with Gasteiger partial charge < -0.3 is 5.73 Å². The van der Waals surface area contributed by atoms with Crippen LogP contribution in [0.25, 0.3) is 0 Å². The second kappa shape index (κ2) is 6.00. The molecule has 0 spiro atoms. The maximum atomic E-state index is 12.3. The number of benzene rings is 1. The first-order valence-electron chi connectivity index (χ1n) is 6.46. The molecule has 23 heavy (non-hydrogen) atoms. The van der Waals surface area contributed by atoms with Crippen LogP contribution in [-0.4, -0.2) is 50.4 Å². The lowest BCUT2D eigenvalue weighted by atomic mass is 9.94. The van der Waals surface area contributed by atoms with E-state index in [4.69, 9.17) is 10.3 Å². The number of rotatable bonds is 5. The zero-order chi connectivity index (χ0) is 17.4. The lowest BCUT2D eigenvalue weighted by Crippen LogP contribution is -2.48. The molecule has 11 heteroatoms. The molecule has 0 fully saturated rings. The van der Waals surface area contributed by atoms with E-state index in [-0.39, 0.29) is 18.5 Å². The second-order valence-corrected chi connectivity index (χ2v) is 10.1. The van der Waals surface area contributed by atoms with Gasteiger partial charge in [-0.3, -0.25) is 19.0 Å². The van der Waals surface area contributed by atoms with Gasteiger partial charge in [0, 0.05) is 12.1 Å². The number of hydrogen-bond donors (Lipinski definition) is 2. The van der Waals surface area contributed by atoms with Crippen LogP contribution in [0.5, 0.6) is 0 Å². The summed E-state index contributed by atoms with van der Waals surface area (Å²) in [5.74, 6) is -2.24. The lowest BCUT2D eigenvalue weighted by molar-refractivity contribution is -0.130. The fourth-order valence-corrected chi connectivity index (χ4v) is 3.90. The molecule has 1 aromatic rings. The van der Waals surface area contributed by atoms with Crippen LogP contribution < -0.4 is 5.73 Å². The molecule has 0 aliphatic carbocycles. The molecule has 2 rings (SSSR count). The molecule has 2 amide bonds. The zero-order valence-corrected chi connectivity index (χ0v) is 13.4. The number of fused-ring (bicyclic) bond motifs is 1. The Morgan fingerprint density at radius 3 is 2.35 bits per heavy atom. The van der Waals surface area contributed by atoms with Crippen LogP contribution in [-0.2, 0) is 22.8 Å². The number of imide groups is 1. The van der Waals surface area contributed by atoms with Crippen LogP contribution >= 0.6 is 0 Å². The largest absolute Gasteiger partial charge is 0.372 e. The summed E-state index contributed by atoms with van der Waals surface area (Å²) in [5.41, 5.74) is 6.38. The van der Waals surface area contributed by atoms with E-state index < -0.39 is 41.6 Å². The zero-order valence-electron chi connectivity index (χ0n) is 11.7. The van der Waals surface area contributed by atoms with Gasteiger partial charge in [-0.25, -0.2) is 8.42 Å². The summed E-state index contributed by atoms with van der Waals surface area (Å²) in [6.45, 7) is -0.325. The van der Waals surface area contributed by atoms with Crippen LogP contribution in [0.1, 0.15) is 28.4 Å². The smallest absolute Gasteiger partial charge is 0.316 e. The average Bonchev–Trinajstić information content (AvgIpc) is 2.47. The number of carbonyl (C=O) groups is 2. The third-order valence-corrected chi connectivity index (χ3v) is 7.26. The van der Waals surface area contributed by atoms with Gasteiger partial charge in [-0.15, -0.1) is 0 Å². The first-order valence-corrected chi connectivity index (χ1v) is 10.1. The molecule has 1 atom stereocenters. The van der Waals surface area contributed by atoms with Crippen LogP contribution in [0.15, 0.2) is 24.3 Å². The molecule has 0 radical (unpaired) electrons. The topological polar surface area (TPSA) is 152 Å². The third kappa shape index (κ3) is 3.27. The van der Waals surface area contributed by atoms with Crippen molar-refractivity contribution in [2.75, 3.05) is 12.3 Å². The van der Waals surface area contributed by atoms with E-state index in [1.54, 1.807) is 18.2 Å². The SMILES string of the molecule is NC1C(=O)N(CCCS(=O)(=O)S(=O)(=O)O)C(=O)c2ccccc21. The molecule has 1 aromatic carbocycles. The van der Waals surface area contributed by atoms with Gasteiger partial charge in [-0.05, 0) is 18.1 Å². The maximum absolute atomic E-state index is 12.3. The van der Waals surface area contributed by atoms with E-state index in [0.29, 0.717) is 5.56 Å². The Morgan fingerprint density at radius 1 is 1.13 bits per heavy atom. The first-order chi connectivity index (χ1) is 10.6. The van der Waals surface area contributed by atoms with Gasteiger partial charge in [-0.2, -0.15) is 8.42 Å². The Labute approximate surface area is 132 Å². The molecule has 1 unspecified atom stereocenters. The van der Waals surface area contributed by atoms with Crippen LogP contribution in [0.2, 0.25) is 0 Å². The van der Waals surface area contributed by atoms with Crippen molar-refractivity contribution < 1.29 is 31.0 Å². The molecule has 1 aliphatic heterocycles. The quantitative estimate of drug-likeness (QED) is 0.395. The van der Waals surface area contributed by atoms with E-state index in [1.165, 1.54) is 6.07 Å². The minimum atomic E-state index is -5.23. The molecule has 1 heterocycles. The number of carbonyl (C=O) groups excluding carboxylic acids is 2. The highest BCUT2D eigenvalue weighted by Crippen LogP contribution is 2.26. The van der Waals surface area contributed by atoms with Gasteiger partial charge in [0.1, 0.15) is 6.04 Å². The van der Waals surface area contributed by atoms with E-state index in [1.807, 2.05) is 0 Å². The van der Waals surface area contributed by atoms with Crippen molar-refractivity contribution in [3.63, 3.8) is 0 Å². The summed E-state index contributed by atoms with van der Waals surface area (Å²) in [4.78, 5) is 25.2. The predicted molar refractivity (Wildman–Crippen MR) is 79.4 cm³/mol. The Morgan fingerprint density at radius 2 is 1.74 bits per heavy atom. The minimum absolute atomic E-state index is 0.234. The summed E-state index contributed by atoms with van der Waals surface area (Å²) < 4.78 is 52.5. The summed E-state index contributed by atoms with van der Waals surface area (Å²) in [6, 6.07) is 5.22. The second-order valence-electron chi connectivity index (χ2n) is 4.90. The van der Waals surface area contributed by atoms with Gasteiger partial charge in [0.15, 0.2) is 0 Å². The molecule has 3 N–H and O–H groups in total. The summed E-state index contributed by atoms with van der Waals surface area (Å²) in [5, 5.41) is 0. The maximum Gasteiger partial charge on any atom is 0.372 e. The highest BCUT2D eigenvalue weighted by atomic mass is 33.2. The van der Waals surface area contributed by atoms with Crippen molar-refractivity contribution >= 4 is 29.8 Å². The van der Waals surface area contributed by atoms with Gasteiger partial charge >= 0.3 is 9.15 Å². The summed E-state index contributed by atoms with van der Waals surface area (Å²) in [6.07, 6.45) is -0.339. The molecule has 9 nitrogen and oxygen atoms in total. The van der Waals surface area contributed by atoms with Crippen molar-refractivity contribution in [2.45, 2.75) is 12.5 Å². The van der Waals surface area contributed by atoms with Gasteiger partial charge in [-0.1, -0.05) is 18.2 Å². The number of nitrogens with zero attached hydrogens (tertiary/aromatic N) is 1. The molecule has 0 aromatic heterocycles. The Kier molecular flexibility index (Phi) is 4.57. The minimum Gasteiger partial charge on any atom is -0.316 e. The highest BCUT2D eigenvalue weighted by Gasteiger charge is 2.36. The number of hydrogen-bond acceptors (Lipinski definition) is 7. The summed E-state index contributed by atoms with van der Waals surface area (Å²) >= 11 is 0. The monoisotopic (exact) mass is 362 g/mol. The van der Waals surface area contributed by atoms with Crippen molar-refractivity contribution in [3.8, 4) is 0 Å². The van der Waals surface area contributed by atoms with Crippen molar-refractivity contribution in [3.05, 3.63) is 35.4 Å². The first kappa shape index (κ1) is 17.5. The highest BCUT2D eigenvalue weighted by molar-refractivity contribution is 8.64. The Balaban J connectivity index is 2.16. The van der Waals surface area contributed by atoms with E-state index in [2.05, 4.69) is 0 Å². The molecule has 0 saturated carbocycles. The lowest BCUT2D eigenvalue weighted by Gasteiger charge is -2.30. The predicted octanol–water partition coefficient (Wildman–Crippen LogP) is -0.723. The molecule has 1 aliphatic rings. The normalized spacial score (nSPS) is 18.9. The van der Waals surface area contributed by atoms with Crippen LogP contribution in [0, 0.1) is 0 Å². The Bertz CT molecular complexity index is 861. The average molecular weight is 362 g/mol. The molecular weight excluding hydrogens is 348 g/mol. The van der Waals surface area contributed by atoms with Crippen molar-refractivity contribution in [1.29, 1.82) is 0 Å². The van der Waals surface area contributed by atoms with Crippen molar-refractivity contribution in [2.24, 2.45) is 5.73 Å². The molecule has 0 saturated heterocycles. The third-order valence-electron chi connectivity index (χ3n) is 3.40.